The number of fused-ring (bicyclic) bond motifs is 6. The van der Waals surface area contributed by atoms with Gasteiger partial charge >= 0.3 is 0 Å². The summed E-state index contributed by atoms with van der Waals surface area (Å²) in [6, 6.07) is 57.8. The van der Waals surface area contributed by atoms with E-state index in [1.54, 1.807) is 0 Å². The van der Waals surface area contributed by atoms with Crippen LogP contribution in [0.1, 0.15) is 0 Å². The molecule has 50 heavy (non-hydrogen) atoms. The highest BCUT2D eigenvalue weighted by Crippen LogP contribution is 2.46. The van der Waals surface area contributed by atoms with Gasteiger partial charge in [-0.2, -0.15) is 9.97 Å². The lowest BCUT2D eigenvalue weighted by molar-refractivity contribution is 0.954. The second kappa shape index (κ2) is 10.3. The van der Waals surface area contributed by atoms with Gasteiger partial charge in [-0.3, -0.25) is 4.57 Å². The lowest BCUT2D eigenvalue weighted by atomic mass is 9.98. The fourth-order valence-corrected chi connectivity index (χ4v) is 7.94. The van der Waals surface area contributed by atoms with Gasteiger partial charge in [-0.05, 0) is 46.8 Å². The van der Waals surface area contributed by atoms with Crippen LogP contribution in [0.2, 0.25) is 0 Å². The number of hydrogen-bond donors (Lipinski definition) is 0. The lowest BCUT2D eigenvalue weighted by Gasteiger charge is -2.12. The Kier molecular flexibility index (Phi) is 5.60. The molecule has 0 fully saturated rings. The van der Waals surface area contributed by atoms with E-state index < -0.39 is 0 Å². The molecule has 232 valence electrons. The molecule has 0 amide bonds. The summed E-state index contributed by atoms with van der Waals surface area (Å²) in [6.07, 6.45) is 0. The van der Waals surface area contributed by atoms with E-state index in [0.29, 0.717) is 17.6 Å². The van der Waals surface area contributed by atoms with Crippen LogP contribution in [0, 0.1) is 0 Å². The monoisotopic (exact) mass is 637 g/mol. The topological polar surface area (TPSA) is 48.0 Å². The third kappa shape index (κ3) is 3.80. The quantitative estimate of drug-likeness (QED) is 0.193. The van der Waals surface area contributed by atoms with Gasteiger partial charge in [0.2, 0.25) is 5.95 Å². The van der Waals surface area contributed by atoms with Gasteiger partial charge < -0.3 is 4.40 Å². The molecule has 11 aromatic rings. The highest BCUT2D eigenvalue weighted by Gasteiger charge is 2.25. The summed E-state index contributed by atoms with van der Waals surface area (Å²) in [5, 5.41) is 7.25. The summed E-state index contributed by atoms with van der Waals surface area (Å²) < 4.78 is 4.73. The number of benzene rings is 7. The highest BCUT2D eigenvalue weighted by molar-refractivity contribution is 6.33. The van der Waals surface area contributed by atoms with Gasteiger partial charge in [0.05, 0.1) is 27.6 Å². The average Bonchev–Trinajstić information content (AvgIpc) is 3.67. The van der Waals surface area contributed by atoms with Gasteiger partial charge in [0.1, 0.15) is 0 Å². The van der Waals surface area contributed by atoms with Gasteiger partial charge in [-0.25, -0.2) is 4.98 Å². The van der Waals surface area contributed by atoms with Crippen molar-refractivity contribution in [3.8, 4) is 39.9 Å². The molecule has 4 aromatic heterocycles. The molecule has 0 unspecified atom stereocenters. The Hall–Kier alpha value is -6.85. The Balaban J connectivity index is 1.38. The minimum atomic E-state index is 0.588. The Labute approximate surface area is 286 Å². The molecule has 0 saturated carbocycles. The third-order valence-electron chi connectivity index (χ3n) is 10.1. The van der Waals surface area contributed by atoms with Gasteiger partial charge in [0.15, 0.2) is 11.6 Å². The van der Waals surface area contributed by atoms with Crippen LogP contribution in [0.5, 0.6) is 0 Å². The molecular weight excluding hydrogens is 611 g/mol. The summed E-state index contributed by atoms with van der Waals surface area (Å²) in [5.41, 5.74) is 9.86. The molecule has 0 radical (unpaired) electrons. The fourth-order valence-electron chi connectivity index (χ4n) is 7.94. The van der Waals surface area contributed by atoms with Crippen LogP contribution < -0.4 is 0 Å². The zero-order valence-corrected chi connectivity index (χ0v) is 26.8. The van der Waals surface area contributed by atoms with E-state index >= 15 is 0 Å². The van der Waals surface area contributed by atoms with Crippen molar-refractivity contribution >= 4 is 59.9 Å². The van der Waals surface area contributed by atoms with Crippen LogP contribution in [-0.4, -0.2) is 23.9 Å². The molecule has 0 atom stereocenters. The van der Waals surface area contributed by atoms with Crippen LogP contribution in [0.15, 0.2) is 164 Å². The van der Waals surface area contributed by atoms with E-state index in [1.165, 1.54) is 48.9 Å². The maximum atomic E-state index is 5.25. The molecule has 4 heterocycles. The molecule has 0 bridgehead atoms. The van der Waals surface area contributed by atoms with Crippen LogP contribution in [0.25, 0.3) is 99.8 Å². The van der Waals surface area contributed by atoms with E-state index in [9.17, 15) is 0 Å². The molecule has 5 nitrogen and oxygen atoms in total. The Bertz CT molecular complexity index is 3010. The average molecular weight is 638 g/mol. The Morgan fingerprint density at radius 2 is 0.880 bits per heavy atom. The molecule has 0 aliphatic heterocycles. The predicted molar refractivity (Wildman–Crippen MR) is 205 cm³/mol. The predicted octanol–water partition coefficient (Wildman–Crippen LogP) is 11.1. The summed E-state index contributed by atoms with van der Waals surface area (Å²) in [4.78, 5) is 15.5. The zero-order chi connectivity index (χ0) is 32.8. The van der Waals surface area contributed by atoms with Crippen LogP contribution in [-0.2, 0) is 0 Å². The van der Waals surface area contributed by atoms with Crippen molar-refractivity contribution in [3.05, 3.63) is 164 Å². The zero-order valence-electron chi connectivity index (χ0n) is 26.8. The van der Waals surface area contributed by atoms with Crippen LogP contribution >= 0.6 is 0 Å². The van der Waals surface area contributed by atoms with Crippen molar-refractivity contribution in [2.45, 2.75) is 0 Å². The Morgan fingerprint density at radius 3 is 1.50 bits per heavy atom. The van der Waals surface area contributed by atoms with E-state index in [1.807, 2.05) is 36.4 Å². The van der Waals surface area contributed by atoms with Gasteiger partial charge in [-0.15, -0.1) is 0 Å². The molecular formula is C45H27N5. The van der Waals surface area contributed by atoms with Crippen molar-refractivity contribution in [1.29, 1.82) is 0 Å². The van der Waals surface area contributed by atoms with Crippen LogP contribution in [0.4, 0.5) is 0 Å². The SMILES string of the molecule is c1ccc(-c2cc3c4ccccc4n4c5ccccc5c5ccc6c(c3c(c2)n6-c2nc(-c3ccccc3)nc(-c3ccccc3)n2)c54)cc1. The molecule has 0 aliphatic rings. The van der Waals surface area contributed by atoms with Crippen molar-refractivity contribution in [3.63, 3.8) is 0 Å². The van der Waals surface area contributed by atoms with E-state index in [-0.39, 0.29) is 0 Å². The molecule has 7 aromatic carbocycles. The minimum Gasteiger partial charge on any atom is -0.308 e. The van der Waals surface area contributed by atoms with Gasteiger partial charge in [0.25, 0.3) is 0 Å². The number of aromatic nitrogens is 5. The third-order valence-corrected chi connectivity index (χ3v) is 10.1. The smallest absolute Gasteiger partial charge is 0.238 e. The van der Waals surface area contributed by atoms with Crippen molar-refractivity contribution < 1.29 is 0 Å². The molecule has 11 rings (SSSR count). The van der Waals surface area contributed by atoms with E-state index in [4.69, 9.17) is 15.0 Å². The first-order chi connectivity index (χ1) is 24.8. The maximum absolute atomic E-state index is 5.25. The standard InChI is InChI=1S/C45H27N5/c1-4-14-28(15-5-1)31-26-35-33-21-11-13-23-37(33)49-36-22-12-10-20-32(36)34-24-25-38-41(42(34)49)40(35)39(27-31)50(38)45-47-43(29-16-6-2-7-17-29)46-44(48-45)30-18-8-3-9-19-30/h1-27H. The van der Waals surface area contributed by atoms with Crippen LogP contribution in [0.3, 0.4) is 0 Å². The lowest BCUT2D eigenvalue weighted by Crippen LogP contribution is -2.06. The van der Waals surface area contributed by atoms with Crippen molar-refractivity contribution in [2.75, 3.05) is 0 Å². The largest absolute Gasteiger partial charge is 0.308 e. The molecule has 5 heteroatoms. The first-order valence-electron chi connectivity index (χ1n) is 16.9. The normalized spacial score (nSPS) is 12.0. The fraction of sp³-hybridized carbons (Fsp3) is 0. The first kappa shape index (κ1) is 27.1. The first-order valence-corrected chi connectivity index (χ1v) is 16.9. The summed E-state index contributed by atoms with van der Waals surface area (Å²) in [7, 11) is 0. The summed E-state index contributed by atoms with van der Waals surface area (Å²) >= 11 is 0. The Morgan fingerprint density at radius 1 is 0.340 bits per heavy atom. The second-order valence-corrected chi connectivity index (χ2v) is 12.9. The maximum Gasteiger partial charge on any atom is 0.238 e. The van der Waals surface area contributed by atoms with E-state index in [0.717, 1.165) is 33.3 Å². The molecule has 0 spiro atoms. The molecule has 0 N–H and O–H groups in total. The minimum absolute atomic E-state index is 0.588. The summed E-state index contributed by atoms with van der Waals surface area (Å²) in [6.45, 7) is 0. The van der Waals surface area contributed by atoms with Gasteiger partial charge in [0, 0.05) is 38.1 Å². The highest BCUT2D eigenvalue weighted by atomic mass is 15.2. The molecule has 0 aliphatic carbocycles. The number of nitrogens with zero attached hydrogens (tertiary/aromatic N) is 5. The van der Waals surface area contributed by atoms with Gasteiger partial charge in [-0.1, -0.05) is 133 Å². The van der Waals surface area contributed by atoms with Crippen molar-refractivity contribution in [2.24, 2.45) is 0 Å². The number of para-hydroxylation sites is 2. The molecule has 0 saturated heterocycles. The van der Waals surface area contributed by atoms with Crippen molar-refractivity contribution in [1.82, 2.24) is 23.9 Å². The number of rotatable bonds is 4. The second-order valence-electron chi connectivity index (χ2n) is 12.9. The summed E-state index contributed by atoms with van der Waals surface area (Å²) in [5.74, 6) is 1.86. The van der Waals surface area contributed by atoms with E-state index in [2.05, 4.69) is 136 Å². The number of hydrogen-bond acceptors (Lipinski definition) is 3.